The predicted octanol–water partition coefficient (Wildman–Crippen LogP) is -0.419. The molecule has 0 aliphatic carbocycles. The molecule has 7 nitrogen and oxygen atoms in total. The molecule has 0 bridgehead atoms. The highest BCUT2D eigenvalue weighted by molar-refractivity contribution is 5.85. The lowest BCUT2D eigenvalue weighted by Gasteiger charge is -2.32. The molecule has 2 N–H and O–H groups in total. The number of likely N-dealkylation sites (N-methyl/N-ethyl adjacent to an activating group) is 1. The average molecular weight is 257 g/mol. The van der Waals surface area contributed by atoms with Gasteiger partial charge in [0.2, 0.25) is 5.91 Å². The van der Waals surface area contributed by atoms with E-state index in [9.17, 15) is 14.4 Å². The lowest BCUT2D eigenvalue weighted by Crippen LogP contribution is -2.53. The minimum atomic E-state index is -0.876. The Balaban J connectivity index is 2.29. The van der Waals surface area contributed by atoms with E-state index in [4.69, 9.17) is 5.11 Å². The monoisotopic (exact) mass is 257 g/mol. The molecule has 0 aromatic heterocycles. The fourth-order valence-corrected chi connectivity index (χ4v) is 1.56. The molecule has 0 radical (unpaired) electrons. The number of hydrogen-bond acceptors (Lipinski definition) is 3. The molecule has 1 fully saturated rings. The molecule has 0 spiro atoms. The first-order valence-electron chi connectivity index (χ1n) is 5.91. The van der Waals surface area contributed by atoms with Crippen molar-refractivity contribution >= 4 is 17.9 Å². The molecule has 102 valence electrons. The standard InChI is InChI=1S/C11H19N3O4/c1-8(10(16)17)3-4-12-11(18)14-6-5-13(2)9(15)7-14/h8H,3-7H2,1-2H3,(H,12,18)(H,16,17). The van der Waals surface area contributed by atoms with Crippen LogP contribution >= 0.6 is 0 Å². The summed E-state index contributed by atoms with van der Waals surface area (Å²) in [5.41, 5.74) is 0. The molecule has 1 saturated heterocycles. The predicted molar refractivity (Wildman–Crippen MR) is 64.0 cm³/mol. The Kier molecular flexibility index (Phi) is 4.94. The number of carboxylic acids is 1. The van der Waals surface area contributed by atoms with E-state index < -0.39 is 11.9 Å². The summed E-state index contributed by atoms with van der Waals surface area (Å²) in [7, 11) is 1.70. The number of aliphatic carboxylic acids is 1. The maximum atomic E-state index is 11.7. The van der Waals surface area contributed by atoms with E-state index in [1.807, 2.05) is 0 Å². The first-order chi connectivity index (χ1) is 8.41. The van der Waals surface area contributed by atoms with Gasteiger partial charge >= 0.3 is 12.0 Å². The summed E-state index contributed by atoms with van der Waals surface area (Å²) in [6.07, 6.45) is 0.378. The normalized spacial score (nSPS) is 17.6. The van der Waals surface area contributed by atoms with Crippen LogP contribution < -0.4 is 5.32 Å². The number of amides is 3. The SMILES string of the molecule is CC(CCNC(=O)N1CCN(C)C(=O)C1)C(=O)O. The highest BCUT2D eigenvalue weighted by Crippen LogP contribution is 2.03. The van der Waals surface area contributed by atoms with E-state index in [1.54, 1.807) is 18.9 Å². The molecule has 0 saturated carbocycles. The molecule has 1 unspecified atom stereocenters. The van der Waals surface area contributed by atoms with Gasteiger partial charge in [-0.3, -0.25) is 9.59 Å². The summed E-state index contributed by atoms with van der Waals surface area (Å²) < 4.78 is 0. The van der Waals surface area contributed by atoms with Gasteiger partial charge in [-0.2, -0.15) is 0 Å². The van der Waals surface area contributed by atoms with E-state index in [0.29, 0.717) is 26.1 Å². The Morgan fingerprint density at radius 1 is 1.44 bits per heavy atom. The zero-order valence-electron chi connectivity index (χ0n) is 10.7. The Morgan fingerprint density at radius 3 is 2.67 bits per heavy atom. The highest BCUT2D eigenvalue weighted by atomic mass is 16.4. The van der Waals surface area contributed by atoms with Gasteiger partial charge in [-0.25, -0.2) is 4.79 Å². The molecular formula is C11H19N3O4. The van der Waals surface area contributed by atoms with Gasteiger partial charge in [0.25, 0.3) is 0 Å². The van der Waals surface area contributed by atoms with Crippen molar-refractivity contribution in [1.82, 2.24) is 15.1 Å². The number of carbonyl (C=O) groups excluding carboxylic acids is 2. The second-order valence-electron chi connectivity index (χ2n) is 4.50. The number of urea groups is 1. The number of carboxylic acid groups (broad SMARTS) is 1. The van der Waals surface area contributed by atoms with Crippen molar-refractivity contribution in [3.63, 3.8) is 0 Å². The number of piperazine rings is 1. The van der Waals surface area contributed by atoms with Crippen molar-refractivity contribution in [2.24, 2.45) is 5.92 Å². The number of carbonyl (C=O) groups is 3. The first-order valence-corrected chi connectivity index (χ1v) is 5.91. The third kappa shape index (κ3) is 3.90. The second-order valence-corrected chi connectivity index (χ2v) is 4.50. The van der Waals surface area contributed by atoms with Crippen molar-refractivity contribution in [3.8, 4) is 0 Å². The fraction of sp³-hybridized carbons (Fsp3) is 0.727. The topological polar surface area (TPSA) is 90.0 Å². The van der Waals surface area contributed by atoms with Crippen LogP contribution in [0.3, 0.4) is 0 Å². The van der Waals surface area contributed by atoms with Crippen molar-refractivity contribution in [2.45, 2.75) is 13.3 Å². The number of nitrogens with one attached hydrogen (secondary N) is 1. The quantitative estimate of drug-likeness (QED) is 0.716. The smallest absolute Gasteiger partial charge is 0.317 e. The second kappa shape index (κ2) is 6.23. The van der Waals surface area contributed by atoms with Gasteiger partial charge in [0.05, 0.1) is 5.92 Å². The zero-order chi connectivity index (χ0) is 13.7. The van der Waals surface area contributed by atoms with E-state index in [2.05, 4.69) is 5.32 Å². The maximum absolute atomic E-state index is 11.7. The van der Waals surface area contributed by atoms with Gasteiger partial charge in [-0.05, 0) is 6.42 Å². The van der Waals surface area contributed by atoms with Gasteiger partial charge < -0.3 is 20.2 Å². The Hall–Kier alpha value is -1.79. The zero-order valence-corrected chi connectivity index (χ0v) is 10.7. The Morgan fingerprint density at radius 2 is 2.11 bits per heavy atom. The van der Waals surface area contributed by atoms with Crippen LogP contribution in [-0.4, -0.2) is 66.0 Å². The summed E-state index contributed by atoms with van der Waals surface area (Å²) in [6.45, 7) is 3.00. The molecule has 1 atom stereocenters. The van der Waals surface area contributed by atoms with Crippen LogP contribution in [0.15, 0.2) is 0 Å². The molecule has 1 aliphatic rings. The largest absolute Gasteiger partial charge is 0.481 e. The van der Waals surface area contributed by atoms with Crippen molar-refractivity contribution in [3.05, 3.63) is 0 Å². The van der Waals surface area contributed by atoms with Crippen LogP contribution in [0.1, 0.15) is 13.3 Å². The number of rotatable bonds is 4. The van der Waals surface area contributed by atoms with E-state index in [1.165, 1.54) is 4.90 Å². The van der Waals surface area contributed by atoms with Crippen LogP contribution in [0, 0.1) is 5.92 Å². The van der Waals surface area contributed by atoms with Gasteiger partial charge in [-0.1, -0.05) is 6.92 Å². The molecular weight excluding hydrogens is 238 g/mol. The molecule has 7 heteroatoms. The van der Waals surface area contributed by atoms with Crippen LogP contribution in [0.5, 0.6) is 0 Å². The summed E-state index contributed by atoms with van der Waals surface area (Å²) in [5, 5.41) is 11.3. The maximum Gasteiger partial charge on any atom is 0.317 e. The minimum Gasteiger partial charge on any atom is -0.481 e. The van der Waals surface area contributed by atoms with Crippen molar-refractivity contribution < 1.29 is 19.5 Å². The van der Waals surface area contributed by atoms with E-state index in [-0.39, 0.29) is 18.5 Å². The van der Waals surface area contributed by atoms with Crippen LogP contribution in [-0.2, 0) is 9.59 Å². The van der Waals surface area contributed by atoms with Gasteiger partial charge in [-0.15, -0.1) is 0 Å². The fourth-order valence-electron chi connectivity index (χ4n) is 1.56. The van der Waals surface area contributed by atoms with Gasteiger partial charge in [0.15, 0.2) is 0 Å². The van der Waals surface area contributed by atoms with Gasteiger partial charge in [0.1, 0.15) is 6.54 Å². The summed E-state index contributed by atoms with van der Waals surface area (Å²) in [5.74, 6) is -1.45. The highest BCUT2D eigenvalue weighted by Gasteiger charge is 2.24. The Labute approximate surface area is 106 Å². The lowest BCUT2D eigenvalue weighted by molar-refractivity contribution is -0.141. The molecule has 1 aliphatic heterocycles. The van der Waals surface area contributed by atoms with Crippen LogP contribution in [0.4, 0.5) is 4.79 Å². The minimum absolute atomic E-state index is 0.0802. The van der Waals surface area contributed by atoms with E-state index in [0.717, 1.165) is 0 Å². The molecule has 1 heterocycles. The van der Waals surface area contributed by atoms with Gasteiger partial charge in [0, 0.05) is 26.7 Å². The summed E-state index contributed by atoms with van der Waals surface area (Å²) >= 11 is 0. The number of hydrogen-bond donors (Lipinski definition) is 2. The summed E-state index contributed by atoms with van der Waals surface area (Å²) in [4.78, 5) is 36.7. The molecule has 0 aromatic carbocycles. The number of nitrogens with zero attached hydrogens (tertiary/aromatic N) is 2. The van der Waals surface area contributed by atoms with Crippen LogP contribution in [0.2, 0.25) is 0 Å². The molecule has 3 amide bonds. The molecule has 1 rings (SSSR count). The van der Waals surface area contributed by atoms with Crippen LogP contribution in [0.25, 0.3) is 0 Å². The molecule has 18 heavy (non-hydrogen) atoms. The average Bonchev–Trinajstić information content (AvgIpc) is 2.32. The molecule has 0 aromatic rings. The summed E-state index contributed by atoms with van der Waals surface area (Å²) in [6, 6.07) is -0.311. The third-order valence-electron chi connectivity index (χ3n) is 3.02. The third-order valence-corrected chi connectivity index (χ3v) is 3.02. The van der Waals surface area contributed by atoms with E-state index >= 15 is 0 Å². The lowest BCUT2D eigenvalue weighted by atomic mass is 10.1. The van der Waals surface area contributed by atoms with Crippen molar-refractivity contribution in [2.75, 3.05) is 33.2 Å². The Bertz CT molecular complexity index is 345. The first kappa shape index (κ1) is 14.3. The van der Waals surface area contributed by atoms with Crippen molar-refractivity contribution in [1.29, 1.82) is 0 Å².